The number of hydrogen-bond donors (Lipinski definition) is 0. The molecular formula is C54H65N3O8S4. The van der Waals surface area contributed by atoms with Gasteiger partial charge in [-0.25, -0.2) is 14.8 Å². The third-order valence-corrected chi connectivity index (χ3v) is 16.8. The average molecular weight is 1010 g/mol. The summed E-state index contributed by atoms with van der Waals surface area (Å²) in [5.74, 6) is -2.38. The number of nitriles is 1. The van der Waals surface area contributed by atoms with Crippen molar-refractivity contribution in [1.29, 1.82) is 5.26 Å². The average Bonchev–Trinajstić information content (AvgIpc) is 3.96. The number of rotatable bonds is 19. The van der Waals surface area contributed by atoms with E-state index >= 15 is 0 Å². The third kappa shape index (κ3) is 14.0. The van der Waals surface area contributed by atoms with Gasteiger partial charge in [0.25, 0.3) is 11.8 Å². The highest BCUT2D eigenvalue weighted by Crippen LogP contribution is 2.69. The van der Waals surface area contributed by atoms with Crippen molar-refractivity contribution >= 4 is 76.8 Å². The molecule has 6 rings (SSSR count). The van der Waals surface area contributed by atoms with Crippen LogP contribution in [0.4, 0.5) is 0 Å². The summed E-state index contributed by atoms with van der Waals surface area (Å²) in [6, 6.07) is 21.0. The molecule has 0 aromatic heterocycles. The monoisotopic (exact) mass is 1010 g/mol. The predicted octanol–water partition coefficient (Wildman–Crippen LogP) is 13.5. The van der Waals surface area contributed by atoms with Crippen molar-refractivity contribution in [1.82, 2.24) is 10.0 Å². The van der Waals surface area contributed by atoms with E-state index in [2.05, 4.69) is 54.5 Å². The maximum Gasteiger partial charge on any atom is 0.350 e. The number of thioether (sulfide) groups is 4. The number of unbranched alkanes of at least 4 members (excludes halogenated alkanes) is 1. The van der Waals surface area contributed by atoms with Crippen LogP contribution in [0.1, 0.15) is 132 Å². The first kappa shape index (κ1) is 53.7. The summed E-state index contributed by atoms with van der Waals surface area (Å²) in [4.78, 5) is 73.0. The van der Waals surface area contributed by atoms with Crippen molar-refractivity contribution in [2.45, 2.75) is 153 Å². The fraction of sp³-hybridized carbons (Fsp3) is 0.481. The Morgan fingerprint density at radius 2 is 1.12 bits per heavy atom. The van der Waals surface area contributed by atoms with Gasteiger partial charge in [-0.3, -0.25) is 19.2 Å². The molecule has 15 heteroatoms. The molecule has 2 amide bonds. The third-order valence-electron chi connectivity index (χ3n) is 11.7. The zero-order chi connectivity index (χ0) is 50.2. The molecule has 1 saturated heterocycles. The van der Waals surface area contributed by atoms with Gasteiger partial charge in [0.15, 0.2) is 17.1 Å². The lowest BCUT2D eigenvalue weighted by Crippen LogP contribution is -2.39. The molecule has 3 aliphatic rings. The highest BCUT2D eigenvalue weighted by atomic mass is 32.2. The molecule has 3 heterocycles. The molecule has 3 aliphatic heterocycles. The fourth-order valence-corrected chi connectivity index (χ4v) is 14.2. The Morgan fingerprint density at radius 3 is 1.51 bits per heavy atom. The highest BCUT2D eigenvalue weighted by molar-refractivity contribution is 8.26. The molecule has 0 N–H and O–H groups in total. The molecular weight excluding hydrogens is 947 g/mol. The Labute approximate surface area is 425 Å². The fourth-order valence-electron chi connectivity index (χ4n) is 8.82. The molecule has 0 bridgehead atoms. The summed E-state index contributed by atoms with van der Waals surface area (Å²) in [6.45, 7) is 21.3. The van der Waals surface area contributed by atoms with E-state index in [0.717, 1.165) is 96.7 Å². The lowest BCUT2D eigenvalue weighted by Gasteiger charge is -2.27. The topological polar surface area (TPSA) is 143 Å². The first-order chi connectivity index (χ1) is 32.7. The van der Waals surface area contributed by atoms with Crippen molar-refractivity contribution < 1.29 is 38.2 Å². The van der Waals surface area contributed by atoms with Crippen LogP contribution in [0.5, 0.6) is 11.5 Å². The van der Waals surface area contributed by atoms with Crippen LogP contribution in [0.15, 0.2) is 99.9 Å². The minimum atomic E-state index is -0.763. The molecule has 11 nitrogen and oxygen atoms in total. The molecule has 3 aromatic rings. The van der Waals surface area contributed by atoms with Gasteiger partial charge in [-0.1, -0.05) is 196 Å². The number of ether oxygens (including phenoxy) is 3. The predicted molar refractivity (Wildman–Crippen MR) is 275 cm³/mol. The van der Waals surface area contributed by atoms with E-state index in [0.29, 0.717) is 28.1 Å². The van der Waals surface area contributed by atoms with Crippen LogP contribution in [-0.2, 0) is 41.8 Å². The van der Waals surface area contributed by atoms with Crippen molar-refractivity contribution in [3.8, 4) is 17.6 Å². The van der Waals surface area contributed by atoms with Crippen LogP contribution in [0.2, 0.25) is 0 Å². The Kier molecular flexibility index (Phi) is 18.3. The maximum atomic E-state index is 14.8. The van der Waals surface area contributed by atoms with Crippen molar-refractivity contribution in [2.24, 2.45) is 28.6 Å². The van der Waals surface area contributed by atoms with E-state index < -0.39 is 29.7 Å². The first-order valence-electron chi connectivity index (χ1n) is 23.8. The molecule has 0 radical (unpaired) electrons. The van der Waals surface area contributed by atoms with Crippen molar-refractivity contribution in [3.05, 3.63) is 91.4 Å². The lowest BCUT2D eigenvalue weighted by atomic mass is 9.84. The first-order valence-corrected chi connectivity index (χ1v) is 27.1. The van der Waals surface area contributed by atoms with Gasteiger partial charge in [-0.05, 0) is 59.0 Å². The van der Waals surface area contributed by atoms with Crippen molar-refractivity contribution in [2.75, 3.05) is 6.61 Å². The second kappa shape index (κ2) is 23.5. The number of benzene rings is 3. The van der Waals surface area contributed by atoms with Gasteiger partial charge in [-0.15, -0.1) is 0 Å². The summed E-state index contributed by atoms with van der Waals surface area (Å²) < 4.78 is 19.2. The molecule has 0 spiro atoms. The Hall–Kier alpha value is -4.62. The van der Waals surface area contributed by atoms with Gasteiger partial charge in [-0.2, -0.15) is 5.26 Å². The van der Waals surface area contributed by atoms with E-state index in [1.165, 1.54) is 10.0 Å². The highest BCUT2D eigenvalue weighted by Gasteiger charge is 2.47. The van der Waals surface area contributed by atoms with E-state index in [1.807, 2.05) is 81.4 Å². The van der Waals surface area contributed by atoms with Crippen LogP contribution in [0.25, 0.3) is 0 Å². The smallest absolute Gasteiger partial charge is 0.350 e. The Morgan fingerprint density at radius 1 is 0.681 bits per heavy atom. The van der Waals surface area contributed by atoms with Gasteiger partial charge < -0.3 is 14.2 Å². The van der Waals surface area contributed by atoms with Crippen LogP contribution < -0.4 is 9.47 Å². The Balaban J connectivity index is 1.48. The molecule has 3 aromatic carbocycles. The number of carbonyl (C=O) groups excluding carboxylic acids is 5. The van der Waals surface area contributed by atoms with Gasteiger partial charge in [0.1, 0.15) is 11.6 Å². The SMILES string of the molecule is CCCCC(CC)COC(=O)C(C#N)=C1Sc2c(OC(=O)CC(C)CC(C)(C)C)c3c(c(OC(=O)CC(C)CC(C)(C)C)c2S1)SC(=C1C(=O)N(Cc2ccccc2)N(Cc2ccccc2)C1=O)S3. The summed E-state index contributed by atoms with van der Waals surface area (Å²) in [7, 11) is 0. The van der Waals surface area contributed by atoms with Crippen molar-refractivity contribution in [3.63, 3.8) is 0 Å². The quantitative estimate of drug-likeness (QED) is 0.0370. The normalized spacial score (nSPS) is 16.0. The number of amides is 2. The number of esters is 3. The second-order valence-electron chi connectivity index (χ2n) is 20.6. The molecule has 0 aliphatic carbocycles. The van der Waals surface area contributed by atoms with E-state index in [1.54, 1.807) is 0 Å². The number of carbonyl (C=O) groups is 5. The maximum absolute atomic E-state index is 14.8. The number of nitrogens with zero attached hydrogens (tertiary/aromatic N) is 3. The summed E-state index contributed by atoms with van der Waals surface area (Å²) in [5.41, 5.74) is 1.31. The summed E-state index contributed by atoms with van der Waals surface area (Å²) >= 11 is 4.37. The zero-order valence-corrected chi connectivity index (χ0v) is 44.8. The molecule has 69 heavy (non-hydrogen) atoms. The van der Waals surface area contributed by atoms with Gasteiger partial charge in [0, 0.05) is 12.8 Å². The van der Waals surface area contributed by atoms with E-state index in [4.69, 9.17) is 14.2 Å². The molecule has 0 saturated carbocycles. The van der Waals surface area contributed by atoms with Crippen LogP contribution in [-0.4, -0.2) is 46.3 Å². The number of hydrazine groups is 1. The Bertz CT molecular complexity index is 2380. The molecule has 368 valence electrons. The van der Waals surface area contributed by atoms with Crippen LogP contribution in [0.3, 0.4) is 0 Å². The van der Waals surface area contributed by atoms with Gasteiger partial charge in [0.05, 0.1) is 47.8 Å². The van der Waals surface area contributed by atoms with Gasteiger partial charge >= 0.3 is 17.9 Å². The van der Waals surface area contributed by atoms with Crippen LogP contribution >= 0.6 is 47.0 Å². The molecule has 1 fully saturated rings. The zero-order valence-electron chi connectivity index (χ0n) is 41.5. The molecule has 3 atom stereocenters. The standard InChI is InChI=1S/C54H65N3O8S4/c1-11-13-20-35(12-2)32-63-50(62)38(29-55)51-66-44-42(64-39(58)25-33(3)27-53(5,6)7)46-47(43(45(44)67-51)65-40(59)26-34(4)28-54(8,9)10)69-52(68-46)41-48(60)56(30-36-21-16-14-17-22-36)57(49(41)61)31-37-23-18-15-19-24-37/h14-19,21-24,33-35H,11-13,20,25-28,30-32H2,1-10H3. The number of hydrogen-bond acceptors (Lipinski definition) is 13. The molecule has 3 unspecified atom stereocenters. The summed E-state index contributed by atoms with van der Waals surface area (Å²) in [5, 5.41) is 13.4. The van der Waals surface area contributed by atoms with E-state index in [9.17, 15) is 29.2 Å². The summed E-state index contributed by atoms with van der Waals surface area (Å²) in [6.07, 6.45) is 5.44. The minimum absolute atomic E-state index is 0.0322. The van der Waals surface area contributed by atoms with Crippen LogP contribution in [0, 0.1) is 39.9 Å². The minimum Gasteiger partial charge on any atom is -0.461 e. The largest absolute Gasteiger partial charge is 0.461 e. The second-order valence-corrected chi connectivity index (χ2v) is 25.2. The van der Waals surface area contributed by atoms with Gasteiger partial charge in [0.2, 0.25) is 0 Å². The van der Waals surface area contributed by atoms with E-state index in [-0.39, 0.29) is 83.8 Å². The number of fused-ring (bicyclic) bond motifs is 2. The lowest BCUT2D eigenvalue weighted by molar-refractivity contribution is -0.149.